The summed E-state index contributed by atoms with van der Waals surface area (Å²) in [5, 5.41) is 1.81. The van der Waals surface area contributed by atoms with Crippen molar-refractivity contribution in [2.24, 2.45) is 5.73 Å². The normalized spacial score (nSPS) is 13.3. The average Bonchev–Trinajstić information content (AvgIpc) is 2.81. The zero-order valence-electron chi connectivity index (χ0n) is 11.3. The summed E-state index contributed by atoms with van der Waals surface area (Å²) in [6, 6.07) is 3.27. The van der Waals surface area contributed by atoms with Gasteiger partial charge in [0.25, 0.3) is 0 Å². The number of hydrogen-bond donors (Lipinski definition) is 2. The van der Waals surface area contributed by atoms with Crippen LogP contribution in [0.15, 0.2) is 34.8 Å². The Bertz CT molecular complexity index is 681. The molecule has 2 heterocycles. The number of aromatic nitrogens is 1. The number of nitrogens with two attached hydrogens (primary N) is 1. The summed E-state index contributed by atoms with van der Waals surface area (Å²) in [5.41, 5.74) is 7.15. The average molecular weight is 311 g/mol. The molecule has 2 aromatic heterocycles. The van der Waals surface area contributed by atoms with Crippen molar-refractivity contribution < 1.29 is 8.42 Å². The third-order valence-electron chi connectivity index (χ3n) is 2.96. The molecule has 0 bridgehead atoms. The summed E-state index contributed by atoms with van der Waals surface area (Å²) in [4.78, 5) is 4.98. The van der Waals surface area contributed by atoms with Gasteiger partial charge >= 0.3 is 0 Å². The van der Waals surface area contributed by atoms with E-state index in [2.05, 4.69) is 9.71 Å². The minimum absolute atomic E-state index is 0.218. The molecule has 7 heteroatoms. The van der Waals surface area contributed by atoms with Crippen molar-refractivity contribution in [1.82, 2.24) is 9.71 Å². The number of hydrogen-bond acceptors (Lipinski definition) is 5. The second-order valence-electron chi connectivity index (χ2n) is 4.50. The van der Waals surface area contributed by atoms with E-state index < -0.39 is 10.0 Å². The monoisotopic (exact) mass is 311 g/mol. The zero-order valence-corrected chi connectivity index (χ0v) is 13.0. The highest BCUT2D eigenvalue weighted by molar-refractivity contribution is 7.89. The van der Waals surface area contributed by atoms with Gasteiger partial charge in [0.1, 0.15) is 4.90 Å². The molecule has 0 saturated carbocycles. The lowest BCUT2D eigenvalue weighted by Gasteiger charge is -2.15. The van der Waals surface area contributed by atoms with Gasteiger partial charge in [0, 0.05) is 29.9 Å². The van der Waals surface area contributed by atoms with Crippen LogP contribution in [0, 0.1) is 6.92 Å². The molecule has 0 radical (unpaired) electrons. The molecule has 5 nitrogen and oxygen atoms in total. The lowest BCUT2D eigenvalue weighted by atomic mass is 10.2. The Morgan fingerprint density at radius 2 is 2.25 bits per heavy atom. The van der Waals surface area contributed by atoms with E-state index in [1.807, 2.05) is 11.4 Å². The number of nitrogens with one attached hydrogen (secondary N) is 1. The van der Waals surface area contributed by atoms with E-state index in [1.54, 1.807) is 32.3 Å². The Hall–Kier alpha value is -1.28. The van der Waals surface area contributed by atoms with Crippen molar-refractivity contribution in [2.75, 3.05) is 0 Å². The predicted octanol–water partition coefficient (Wildman–Crippen LogP) is 1.95. The highest BCUT2D eigenvalue weighted by Gasteiger charge is 2.24. The lowest BCUT2D eigenvalue weighted by molar-refractivity contribution is 0.565. The minimum atomic E-state index is -3.59. The maximum Gasteiger partial charge on any atom is 0.242 e. The van der Waals surface area contributed by atoms with Crippen molar-refractivity contribution in [2.45, 2.75) is 31.3 Å². The van der Waals surface area contributed by atoms with Gasteiger partial charge in [-0.25, -0.2) is 13.1 Å². The van der Waals surface area contributed by atoms with Gasteiger partial charge < -0.3 is 5.73 Å². The van der Waals surface area contributed by atoms with Crippen molar-refractivity contribution in [3.05, 3.63) is 45.9 Å². The molecule has 0 fully saturated rings. The summed E-state index contributed by atoms with van der Waals surface area (Å²) >= 11 is 1.37. The molecule has 0 aromatic carbocycles. The first kappa shape index (κ1) is 15.1. The van der Waals surface area contributed by atoms with Gasteiger partial charge in [-0.2, -0.15) is 0 Å². The molecule has 3 N–H and O–H groups in total. The van der Waals surface area contributed by atoms with E-state index in [0.29, 0.717) is 9.77 Å². The van der Waals surface area contributed by atoms with Crippen molar-refractivity contribution in [3.63, 3.8) is 0 Å². The second-order valence-corrected chi connectivity index (χ2v) is 7.12. The molecule has 20 heavy (non-hydrogen) atoms. The van der Waals surface area contributed by atoms with Gasteiger partial charge in [0.05, 0.1) is 0 Å². The number of aryl methyl sites for hydroxylation is 1. The van der Waals surface area contributed by atoms with E-state index in [1.165, 1.54) is 11.3 Å². The third kappa shape index (κ3) is 3.06. The first-order valence-corrected chi connectivity index (χ1v) is 8.51. The Kier molecular flexibility index (Phi) is 4.54. The molecule has 2 rings (SSSR count). The van der Waals surface area contributed by atoms with Gasteiger partial charge in [-0.05, 0) is 36.4 Å². The third-order valence-corrected chi connectivity index (χ3v) is 5.99. The molecule has 0 amide bonds. The highest BCUT2D eigenvalue weighted by Crippen LogP contribution is 2.27. The van der Waals surface area contributed by atoms with Crippen LogP contribution in [0.1, 0.15) is 29.0 Å². The standard InChI is InChI=1S/C13H17N3O2S2/c1-9-8-19-12(6-14)13(9)20(17,18)16-10(2)11-4-3-5-15-7-11/h3-5,7-8,10,16H,6,14H2,1-2H3. The molecule has 0 aliphatic carbocycles. The highest BCUT2D eigenvalue weighted by atomic mass is 32.2. The SMILES string of the molecule is Cc1csc(CN)c1S(=O)(=O)NC(C)c1cccnc1. The second kappa shape index (κ2) is 6.01. The van der Waals surface area contributed by atoms with Crippen LogP contribution in [0.5, 0.6) is 0 Å². The Morgan fingerprint density at radius 1 is 1.50 bits per heavy atom. The summed E-state index contributed by atoms with van der Waals surface area (Å²) in [7, 11) is -3.59. The van der Waals surface area contributed by atoms with Crippen molar-refractivity contribution in [3.8, 4) is 0 Å². The largest absolute Gasteiger partial charge is 0.326 e. The molecule has 0 saturated heterocycles. The molecule has 108 valence electrons. The van der Waals surface area contributed by atoms with Crippen LogP contribution in [0.3, 0.4) is 0 Å². The predicted molar refractivity (Wildman–Crippen MR) is 79.9 cm³/mol. The lowest BCUT2D eigenvalue weighted by Crippen LogP contribution is -2.28. The van der Waals surface area contributed by atoms with Crippen LogP contribution in [0.2, 0.25) is 0 Å². The summed E-state index contributed by atoms with van der Waals surface area (Å²) in [6.45, 7) is 3.79. The molecular weight excluding hydrogens is 294 g/mol. The van der Waals surface area contributed by atoms with Crippen LogP contribution in [-0.2, 0) is 16.6 Å². The van der Waals surface area contributed by atoms with E-state index in [-0.39, 0.29) is 12.6 Å². The van der Waals surface area contributed by atoms with E-state index in [9.17, 15) is 8.42 Å². The van der Waals surface area contributed by atoms with E-state index in [0.717, 1.165) is 11.1 Å². The fraction of sp³-hybridized carbons (Fsp3) is 0.308. The van der Waals surface area contributed by atoms with E-state index in [4.69, 9.17) is 5.73 Å². The fourth-order valence-electron chi connectivity index (χ4n) is 1.98. The number of nitrogens with zero attached hydrogens (tertiary/aromatic N) is 1. The smallest absolute Gasteiger partial charge is 0.242 e. The maximum absolute atomic E-state index is 12.5. The number of sulfonamides is 1. The van der Waals surface area contributed by atoms with Gasteiger partial charge in [-0.15, -0.1) is 11.3 Å². The number of rotatable bonds is 5. The fourth-order valence-corrected chi connectivity index (χ4v) is 4.92. The quantitative estimate of drug-likeness (QED) is 0.884. The topological polar surface area (TPSA) is 85.1 Å². The first-order chi connectivity index (χ1) is 9.45. The van der Waals surface area contributed by atoms with E-state index >= 15 is 0 Å². The zero-order chi connectivity index (χ0) is 14.8. The number of thiophene rings is 1. The van der Waals surface area contributed by atoms with Crippen LogP contribution in [0.25, 0.3) is 0 Å². The molecule has 0 aliphatic heterocycles. The Morgan fingerprint density at radius 3 is 2.85 bits per heavy atom. The maximum atomic E-state index is 12.5. The van der Waals surface area contributed by atoms with Crippen molar-refractivity contribution >= 4 is 21.4 Å². The molecule has 1 unspecified atom stereocenters. The summed E-state index contributed by atoms with van der Waals surface area (Å²) in [5.74, 6) is 0. The van der Waals surface area contributed by atoms with Gasteiger partial charge in [0.15, 0.2) is 0 Å². The minimum Gasteiger partial charge on any atom is -0.326 e. The van der Waals surface area contributed by atoms with Crippen molar-refractivity contribution in [1.29, 1.82) is 0 Å². The molecule has 2 aromatic rings. The van der Waals surface area contributed by atoms with Gasteiger partial charge in [-0.1, -0.05) is 6.07 Å². The van der Waals surface area contributed by atoms with Gasteiger partial charge in [0.2, 0.25) is 10.0 Å². The van der Waals surface area contributed by atoms with Crippen LogP contribution in [0.4, 0.5) is 0 Å². The summed E-state index contributed by atoms with van der Waals surface area (Å²) in [6.07, 6.45) is 3.30. The Balaban J connectivity index is 2.30. The molecule has 1 atom stereocenters. The van der Waals surface area contributed by atoms with Crippen LogP contribution in [-0.4, -0.2) is 13.4 Å². The van der Waals surface area contributed by atoms with Crippen LogP contribution < -0.4 is 10.5 Å². The molecular formula is C13H17N3O2S2. The molecule has 0 spiro atoms. The van der Waals surface area contributed by atoms with Crippen LogP contribution >= 0.6 is 11.3 Å². The first-order valence-electron chi connectivity index (χ1n) is 6.15. The number of pyridine rings is 1. The van der Waals surface area contributed by atoms with Gasteiger partial charge in [-0.3, -0.25) is 4.98 Å². The summed E-state index contributed by atoms with van der Waals surface area (Å²) < 4.78 is 27.7. The Labute approximate surface area is 122 Å². The molecule has 0 aliphatic rings.